The first-order valence-corrected chi connectivity index (χ1v) is 8.18. The van der Waals surface area contributed by atoms with Crippen molar-refractivity contribution in [2.45, 2.75) is 24.9 Å². The summed E-state index contributed by atoms with van der Waals surface area (Å²) in [6, 6.07) is 6.58. The SMILES string of the molecule is CC(C)c1cc(=O)[nH]c(SCC(=O)c2ccc3c(c2)OCO3)n1. The molecule has 0 spiro atoms. The highest BCUT2D eigenvalue weighted by Crippen LogP contribution is 2.32. The number of hydrogen-bond acceptors (Lipinski definition) is 6. The summed E-state index contributed by atoms with van der Waals surface area (Å²) >= 11 is 1.21. The van der Waals surface area contributed by atoms with Crippen molar-refractivity contribution in [2.24, 2.45) is 0 Å². The van der Waals surface area contributed by atoms with Crippen molar-refractivity contribution in [1.82, 2.24) is 9.97 Å². The zero-order valence-corrected chi connectivity index (χ0v) is 13.6. The molecule has 3 rings (SSSR count). The van der Waals surface area contributed by atoms with Crippen LogP contribution < -0.4 is 15.0 Å². The number of ether oxygens (including phenoxy) is 2. The Morgan fingerprint density at radius 2 is 2.09 bits per heavy atom. The third-order valence-corrected chi connectivity index (χ3v) is 4.24. The molecule has 1 N–H and O–H groups in total. The number of rotatable bonds is 5. The minimum absolute atomic E-state index is 0.0640. The number of carbonyl (C=O) groups excluding carboxylic acids is 1. The van der Waals surface area contributed by atoms with Gasteiger partial charge in [-0.3, -0.25) is 9.59 Å². The largest absolute Gasteiger partial charge is 0.454 e. The predicted molar refractivity (Wildman–Crippen MR) is 86.6 cm³/mol. The van der Waals surface area contributed by atoms with Crippen molar-refractivity contribution in [1.29, 1.82) is 0 Å². The van der Waals surface area contributed by atoms with Crippen molar-refractivity contribution >= 4 is 17.5 Å². The number of thioether (sulfide) groups is 1. The zero-order chi connectivity index (χ0) is 16.4. The van der Waals surface area contributed by atoms with Crippen LogP contribution in [0.3, 0.4) is 0 Å². The predicted octanol–water partition coefficient (Wildman–Crippen LogP) is 2.60. The minimum Gasteiger partial charge on any atom is -0.454 e. The highest BCUT2D eigenvalue weighted by molar-refractivity contribution is 7.99. The van der Waals surface area contributed by atoms with E-state index in [1.165, 1.54) is 17.8 Å². The molecule has 23 heavy (non-hydrogen) atoms. The number of nitrogens with one attached hydrogen (secondary N) is 1. The van der Waals surface area contributed by atoms with Gasteiger partial charge in [-0.25, -0.2) is 4.98 Å². The molecular formula is C16H16N2O4S. The van der Waals surface area contributed by atoms with Gasteiger partial charge in [-0.2, -0.15) is 0 Å². The van der Waals surface area contributed by atoms with E-state index in [1.54, 1.807) is 18.2 Å². The third-order valence-electron chi connectivity index (χ3n) is 3.37. The Bertz CT molecular complexity index is 801. The second-order valence-corrected chi connectivity index (χ2v) is 6.37. The van der Waals surface area contributed by atoms with Gasteiger partial charge < -0.3 is 14.5 Å². The standard InChI is InChI=1S/C16H16N2O4S/c1-9(2)11-6-15(20)18-16(17-11)23-7-12(19)10-3-4-13-14(5-10)22-8-21-13/h3-6,9H,7-8H2,1-2H3,(H,17,18,20). The van der Waals surface area contributed by atoms with Crippen molar-refractivity contribution in [2.75, 3.05) is 12.5 Å². The van der Waals surface area contributed by atoms with Crippen molar-refractivity contribution in [3.05, 3.63) is 45.9 Å². The number of nitrogens with zero attached hydrogens (tertiary/aromatic N) is 1. The number of aromatic amines is 1. The average Bonchev–Trinajstić information content (AvgIpc) is 2.99. The molecule has 2 heterocycles. The fourth-order valence-corrected chi connectivity index (χ4v) is 2.88. The lowest BCUT2D eigenvalue weighted by molar-refractivity contribution is 0.102. The van der Waals surface area contributed by atoms with E-state index in [1.807, 2.05) is 13.8 Å². The number of Topliss-reactive ketones (excluding diaryl/α,β-unsaturated/α-hetero) is 1. The van der Waals surface area contributed by atoms with E-state index in [-0.39, 0.29) is 29.8 Å². The maximum atomic E-state index is 12.3. The Kier molecular flexibility index (Phi) is 4.38. The van der Waals surface area contributed by atoms with Gasteiger partial charge in [0.05, 0.1) is 11.4 Å². The second kappa shape index (κ2) is 6.45. The summed E-state index contributed by atoms with van der Waals surface area (Å²) in [5, 5.41) is 0.454. The molecule has 1 aromatic heterocycles. The summed E-state index contributed by atoms with van der Waals surface area (Å²) in [6.07, 6.45) is 0. The lowest BCUT2D eigenvalue weighted by Gasteiger charge is -2.06. The van der Waals surface area contributed by atoms with Crippen LogP contribution in [0.15, 0.2) is 34.2 Å². The molecule has 0 saturated heterocycles. The van der Waals surface area contributed by atoms with Crippen LogP contribution in [0.2, 0.25) is 0 Å². The summed E-state index contributed by atoms with van der Waals surface area (Å²) in [5.41, 5.74) is 1.05. The molecule has 0 atom stereocenters. The molecule has 0 unspecified atom stereocenters. The molecule has 7 heteroatoms. The summed E-state index contributed by atoms with van der Waals surface area (Å²) in [4.78, 5) is 30.9. The summed E-state index contributed by atoms with van der Waals surface area (Å²) < 4.78 is 10.5. The third kappa shape index (κ3) is 3.56. The number of ketones is 1. The van der Waals surface area contributed by atoms with E-state index in [0.29, 0.717) is 27.9 Å². The molecule has 1 aliphatic rings. The molecule has 0 bridgehead atoms. The normalized spacial score (nSPS) is 12.7. The highest BCUT2D eigenvalue weighted by atomic mass is 32.2. The Morgan fingerprint density at radius 3 is 2.87 bits per heavy atom. The van der Waals surface area contributed by atoms with Crippen molar-refractivity contribution in [3.63, 3.8) is 0 Å². The molecule has 0 saturated carbocycles. The Labute approximate surface area is 137 Å². The van der Waals surface area contributed by atoms with E-state index < -0.39 is 0 Å². The van der Waals surface area contributed by atoms with Gasteiger partial charge in [0, 0.05) is 11.6 Å². The minimum atomic E-state index is -0.207. The number of benzene rings is 1. The molecule has 0 aliphatic carbocycles. The highest BCUT2D eigenvalue weighted by Gasteiger charge is 2.16. The second-order valence-electron chi connectivity index (χ2n) is 5.41. The molecule has 1 aliphatic heterocycles. The van der Waals surface area contributed by atoms with E-state index in [9.17, 15) is 9.59 Å². The molecule has 6 nitrogen and oxygen atoms in total. The van der Waals surface area contributed by atoms with Gasteiger partial charge in [0.1, 0.15) is 0 Å². The molecule has 2 aromatic rings. The lowest BCUT2D eigenvalue weighted by Crippen LogP contribution is -2.12. The molecule has 0 fully saturated rings. The van der Waals surface area contributed by atoms with Crippen molar-refractivity contribution in [3.8, 4) is 11.5 Å². The molecule has 120 valence electrons. The van der Waals surface area contributed by atoms with Gasteiger partial charge in [0.25, 0.3) is 5.56 Å². The van der Waals surface area contributed by atoms with Gasteiger partial charge in [0.2, 0.25) is 6.79 Å². The average molecular weight is 332 g/mol. The first-order chi connectivity index (χ1) is 11.0. The van der Waals surface area contributed by atoms with Crippen LogP contribution in [0, 0.1) is 0 Å². The maximum absolute atomic E-state index is 12.3. The lowest BCUT2D eigenvalue weighted by atomic mass is 10.1. The zero-order valence-electron chi connectivity index (χ0n) is 12.8. The monoisotopic (exact) mass is 332 g/mol. The smallest absolute Gasteiger partial charge is 0.251 e. The van der Waals surface area contributed by atoms with E-state index in [4.69, 9.17) is 9.47 Å². The van der Waals surface area contributed by atoms with Crippen LogP contribution in [-0.4, -0.2) is 28.3 Å². The number of fused-ring (bicyclic) bond motifs is 1. The quantitative estimate of drug-likeness (QED) is 0.515. The summed E-state index contributed by atoms with van der Waals surface area (Å²) in [5.74, 6) is 1.50. The fraction of sp³-hybridized carbons (Fsp3) is 0.312. The molecule has 1 aromatic carbocycles. The van der Waals surface area contributed by atoms with Crippen LogP contribution in [0.5, 0.6) is 11.5 Å². The maximum Gasteiger partial charge on any atom is 0.251 e. The van der Waals surface area contributed by atoms with Gasteiger partial charge in [-0.1, -0.05) is 25.6 Å². The van der Waals surface area contributed by atoms with Crippen LogP contribution in [0.1, 0.15) is 35.8 Å². The van der Waals surface area contributed by atoms with Gasteiger partial charge in [-0.05, 0) is 24.1 Å². The van der Waals surface area contributed by atoms with Crippen LogP contribution in [-0.2, 0) is 0 Å². The first-order valence-electron chi connectivity index (χ1n) is 7.20. The van der Waals surface area contributed by atoms with Gasteiger partial charge in [0.15, 0.2) is 22.4 Å². The number of aromatic nitrogens is 2. The summed E-state index contributed by atoms with van der Waals surface area (Å²) in [7, 11) is 0. The number of hydrogen-bond donors (Lipinski definition) is 1. The van der Waals surface area contributed by atoms with Crippen LogP contribution in [0.25, 0.3) is 0 Å². The van der Waals surface area contributed by atoms with E-state index >= 15 is 0 Å². The van der Waals surface area contributed by atoms with Crippen molar-refractivity contribution < 1.29 is 14.3 Å². The molecular weight excluding hydrogens is 316 g/mol. The molecule has 0 amide bonds. The Balaban J connectivity index is 1.71. The number of H-pyrrole nitrogens is 1. The van der Waals surface area contributed by atoms with Crippen LogP contribution in [0.4, 0.5) is 0 Å². The number of carbonyl (C=O) groups is 1. The topological polar surface area (TPSA) is 81.3 Å². The van der Waals surface area contributed by atoms with Gasteiger partial charge >= 0.3 is 0 Å². The van der Waals surface area contributed by atoms with Gasteiger partial charge in [-0.15, -0.1) is 0 Å². The van der Waals surface area contributed by atoms with E-state index in [0.717, 1.165) is 0 Å². The Hall–Kier alpha value is -2.28. The fourth-order valence-electron chi connectivity index (χ4n) is 2.10. The van der Waals surface area contributed by atoms with E-state index in [2.05, 4.69) is 9.97 Å². The molecule has 0 radical (unpaired) electrons. The Morgan fingerprint density at radius 1 is 1.30 bits per heavy atom. The first kappa shape index (κ1) is 15.6. The van der Waals surface area contributed by atoms with Crippen LogP contribution >= 0.6 is 11.8 Å². The summed E-state index contributed by atoms with van der Waals surface area (Å²) in [6.45, 7) is 4.11.